The molecule has 1 unspecified atom stereocenters. The monoisotopic (exact) mass is 1150 g/mol. The second kappa shape index (κ2) is 71.1. The molecule has 0 aliphatic heterocycles. The summed E-state index contributed by atoms with van der Waals surface area (Å²) in [4.78, 5) is 38.4. The molecule has 0 bridgehead atoms. The zero-order chi connectivity index (χ0) is 59.2. The lowest BCUT2D eigenvalue weighted by atomic mass is 10.0. The Morgan fingerprint density at radius 3 is 0.707 bits per heavy atom. The molecule has 0 heterocycles. The summed E-state index contributed by atoms with van der Waals surface area (Å²) in [6.07, 6.45) is 89.1. The first-order valence-corrected chi connectivity index (χ1v) is 37.0. The Morgan fingerprint density at radius 2 is 0.439 bits per heavy atom. The van der Waals surface area contributed by atoms with Crippen molar-refractivity contribution in [2.24, 2.45) is 0 Å². The number of ether oxygens (including phenoxy) is 3. The van der Waals surface area contributed by atoms with Crippen LogP contribution in [0.15, 0.2) is 36.5 Å². The predicted octanol–water partition coefficient (Wildman–Crippen LogP) is 25.5. The molecule has 1 atom stereocenters. The number of carbonyl (C=O) groups is 3. The highest BCUT2D eigenvalue weighted by atomic mass is 16.6. The van der Waals surface area contributed by atoms with Crippen LogP contribution in [0.2, 0.25) is 0 Å². The topological polar surface area (TPSA) is 78.9 Å². The molecule has 0 amide bonds. The molecule has 0 aliphatic rings. The first-order valence-electron chi connectivity index (χ1n) is 37.0. The minimum Gasteiger partial charge on any atom is -0.462 e. The van der Waals surface area contributed by atoms with Gasteiger partial charge in [-0.15, -0.1) is 0 Å². The van der Waals surface area contributed by atoms with E-state index in [2.05, 4.69) is 57.2 Å². The molecule has 82 heavy (non-hydrogen) atoms. The van der Waals surface area contributed by atoms with E-state index in [1.807, 2.05) is 0 Å². The van der Waals surface area contributed by atoms with Gasteiger partial charge in [0.05, 0.1) is 0 Å². The van der Waals surface area contributed by atoms with Crippen LogP contribution in [0, 0.1) is 0 Å². The van der Waals surface area contributed by atoms with Gasteiger partial charge in [0, 0.05) is 19.3 Å². The third-order valence-corrected chi connectivity index (χ3v) is 16.9. The summed E-state index contributed by atoms with van der Waals surface area (Å²) in [5.41, 5.74) is 0. The summed E-state index contributed by atoms with van der Waals surface area (Å²) in [5, 5.41) is 0. The molecule has 0 saturated heterocycles. The van der Waals surface area contributed by atoms with Gasteiger partial charge in [0.2, 0.25) is 0 Å². The summed E-state index contributed by atoms with van der Waals surface area (Å²) in [7, 11) is 0. The molecule has 0 N–H and O–H groups in total. The lowest BCUT2D eigenvalue weighted by molar-refractivity contribution is -0.167. The minimum atomic E-state index is -0.776. The smallest absolute Gasteiger partial charge is 0.306 e. The van der Waals surface area contributed by atoms with Gasteiger partial charge in [0.25, 0.3) is 0 Å². The zero-order valence-corrected chi connectivity index (χ0v) is 55.5. The quantitative estimate of drug-likeness (QED) is 0.0261. The molecule has 482 valence electrons. The van der Waals surface area contributed by atoms with E-state index in [4.69, 9.17) is 14.2 Å². The van der Waals surface area contributed by atoms with Gasteiger partial charge in [0.1, 0.15) is 13.2 Å². The van der Waals surface area contributed by atoms with Crippen molar-refractivity contribution in [3.05, 3.63) is 36.5 Å². The van der Waals surface area contributed by atoms with E-state index < -0.39 is 6.10 Å². The van der Waals surface area contributed by atoms with Gasteiger partial charge < -0.3 is 14.2 Å². The number of hydrogen-bond donors (Lipinski definition) is 0. The third kappa shape index (κ3) is 68.4. The lowest BCUT2D eigenvalue weighted by Gasteiger charge is -2.18. The van der Waals surface area contributed by atoms with E-state index in [9.17, 15) is 14.4 Å². The van der Waals surface area contributed by atoms with Gasteiger partial charge in [0.15, 0.2) is 6.10 Å². The van der Waals surface area contributed by atoms with E-state index in [0.29, 0.717) is 19.3 Å². The molecular weight excluding hydrogens is 1010 g/mol. The molecule has 6 heteroatoms. The van der Waals surface area contributed by atoms with Gasteiger partial charge >= 0.3 is 17.9 Å². The molecule has 0 aliphatic carbocycles. The van der Waals surface area contributed by atoms with Gasteiger partial charge in [-0.2, -0.15) is 0 Å². The van der Waals surface area contributed by atoms with Crippen molar-refractivity contribution in [3.63, 3.8) is 0 Å². The van der Waals surface area contributed by atoms with Crippen LogP contribution in [0.4, 0.5) is 0 Å². The Hall–Kier alpha value is -2.37. The molecule has 0 rings (SSSR count). The van der Waals surface area contributed by atoms with Crippen molar-refractivity contribution in [1.82, 2.24) is 0 Å². The van der Waals surface area contributed by atoms with Crippen LogP contribution in [-0.2, 0) is 28.6 Å². The minimum absolute atomic E-state index is 0.0707. The maximum absolute atomic E-state index is 13.0. The largest absolute Gasteiger partial charge is 0.462 e. The summed E-state index contributed by atoms with van der Waals surface area (Å²) in [6, 6.07) is 0. The second-order valence-electron chi connectivity index (χ2n) is 25.2. The van der Waals surface area contributed by atoms with Crippen molar-refractivity contribution in [2.75, 3.05) is 13.2 Å². The van der Waals surface area contributed by atoms with Gasteiger partial charge in [-0.3, -0.25) is 14.4 Å². The molecule has 0 fully saturated rings. The van der Waals surface area contributed by atoms with Crippen molar-refractivity contribution >= 4 is 17.9 Å². The van der Waals surface area contributed by atoms with Gasteiger partial charge in [-0.1, -0.05) is 353 Å². The summed E-state index contributed by atoms with van der Waals surface area (Å²) < 4.78 is 17.0. The number of carbonyl (C=O) groups excluding carboxylic acids is 3. The number of allylic oxidation sites excluding steroid dienone is 6. The lowest BCUT2D eigenvalue weighted by Crippen LogP contribution is -2.30. The zero-order valence-electron chi connectivity index (χ0n) is 55.5. The first kappa shape index (κ1) is 79.6. The van der Waals surface area contributed by atoms with Crippen LogP contribution in [0.5, 0.6) is 0 Å². The van der Waals surface area contributed by atoms with E-state index >= 15 is 0 Å². The highest BCUT2D eigenvalue weighted by molar-refractivity contribution is 5.71. The Balaban J connectivity index is 4.16. The van der Waals surface area contributed by atoms with E-state index in [-0.39, 0.29) is 31.1 Å². The Morgan fingerprint density at radius 1 is 0.244 bits per heavy atom. The van der Waals surface area contributed by atoms with Gasteiger partial charge in [-0.25, -0.2) is 0 Å². The highest BCUT2D eigenvalue weighted by Gasteiger charge is 2.19. The second-order valence-corrected chi connectivity index (χ2v) is 25.2. The van der Waals surface area contributed by atoms with Crippen molar-refractivity contribution in [3.8, 4) is 0 Å². The van der Waals surface area contributed by atoms with Crippen LogP contribution in [0.25, 0.3) is 0 Å². The average Bonchev–Trinajstić information content (AvgIpc) is 3.47. The first-order chi connectivity index (χ1) is 40.5. The number of unbranched alkanes of at least 4 members (excludes halogenated alkanes) is 52. The normalized spacial score (nSPS) is 12.2. The molecule has 6 nitrogen and oxygen atoms in total. The molecular formula is C76H142O6. The fourth-order valence-corrected chi connectivity index (χ4v) is 11.3. The van der Waals surface area contributed by atoms with E-state index in [0.717, 1.165) is 70.6 Å². The molecule has 0 aromatic heterocycles. The van der Waals surface area contributed by atoms with Crippen molar-refractivity contribution in [2.45, 2.75) is 419 Å². The Bertz CT molecular complexity index is 1370. The standard InChI is InChI=1S/C76H142O6/c1-4-7-10-13-16-19-22-25-27-29-31-33-35-36-37-38-39-40-42-43-45-47-49-51-54-57-60-63-66-69-75(78)81-72-73(71-80-74(77)68-65-62-59-56-53-24-21-18-15-12-9-6-3)82-76(79)70-67-64-61-58-55-52-50-48-46-44-41-34-32-30-28-26-23-20-17-14-11-8-5-2/h18,21,23,26,30,32,73H,4-17,19-20,22,24-25,27-29,31,33-72H2,1-3H3/b21-18-,26-23-,32-30-. The van der Waals surface area contributed by atoms with Crippen LogP contribution in [0.3, 0.4) is 0 Å². The number of esters is 3. The molecule has 0 radical (unpaired) electrons. The van der Waals surface area contributed by atoms with Crippen LogP contribution >= 0.6 is 0 Å². The molecule has 0 aromatic rings. The van der Waals surface area contributed by atoms with Crippen molar-refractivity contribution < 1.29 is 28.6 Å². The fourth-order valence-electron chi connectivity index (χ4n) is 11.3. The third-order valence-electron chi connectivity index (χ3n) is 16.9. The SMILES string of the molecule is CCCCC/C=C\CCCCCCCC(=O)OCC(COC(=O)CCCCCCCCCCCCCCCCCCCCCCCCCCCCCCC)OC(=O)CCCCCCCCCCCCC/C=C\C/C=C\CCCCCCC. The van der Waals surface area contributed by atoms with Crippen LogP contribution in [-0.4, -0.2) is 37.2 Å². The average molecular weight is 1150 g/mol. The van der Waals surface area contributed by atoms with E-state index in [1.54, 1.807) is 0 Å². The summed E-state index contributed by atoms with van der Waals surface area (Å²) >= 11 is 0. The van der Waals surface area contributed by atoms with Crippen molar-refractivity contribution in [1.29, 1.82) is 0 Å². The molecule has 0 saturated carbocycles. The number of hydrogen-bond acceptors (Lipinski definition) is 6. The fraction of sp³-hybridized carbons (Fsp3) is 0.882. The maximum Gasteiger partial charge on any atom is 0.306 e. The van der Waals surface area contributed by atoms with E-state index in [1.165, 1.54) is 302 Å². The Kier molecular flexibility index (Phi) is 69.1. The predicted molar refractivity (Wildman–Crippen MR) is 358 cm³/mol. The van der Waals surface area contributed by atoms with Crippen LogP contribution in [0.1, 0.15) is 412 Å². The summed E-state index contributed by atoms with van der Waals surface area (Å²) in [5.74, 6) is -0.854. The van der Waals surface area contributed by atoms with Crippen LogP contribution < -0.4 is 0 Å². The Labute approximate surface area is 512 Å². The number of rotatable bonds is 69. The van der Waals surface area contributed by atoms with Gasteiger partial charge in [-0.05, 0) is 77.0 Å². The molecule has 0 aromatic carbocycles. The summed E-state index contributed by atoms with van der Waals surface area (Å²) in [6.45, 7) is 6.67. The maximum atomic E-state index is 13.0. The molecule has 0 spiro atoms. The highest BCUT2D eigenvalue weighted by Crippen LogP contribution is 2.19.